The fourth-order valence-electron chi connectivity index (χ4n) is 2.64. The molecule has 0 saturated heterocycles. The molecule has 30 heavy (non-hydrogen) atoms. The van der Waals surface area contributed by atoms with E-state index in [1.807, 2.05) is 45.0 Å². The molecule has 0 aliphatic heterocycles. The van der Waals surface area contributed by atoms with Crippen LogP contribution in [0, 0.1) is 0 Å². The van der Waals surface area contributed by atoms with Crippen molar-refractivity contribution in [2.75, 3.05) is 6.61 Å². The SMILES string of the molecule is CC(=N[S+]([O-])C(C)(C)C)c1cc2cc(Cl)c(OCCc3ccccn3)cc2nc1Cl. The van der Waals surface area contributed by atoms with Crippen molar-refractivity contribution >= 4 is 51.2 Å². The summed E-state index contributed by atoms with van der Waals surface area (Å²) >= 11 is 11.4. The van der Waals surface area contributed by atoms with Crippen molar-refractivity contribution < 1.29 is 9.29 Å². The summed E-state index contributed by atoms with van der Waals surface area (Å²) in [5.41, 5.74) is 2.80. The van der Waals surface area contributed by atoms with Crippen molar-refractivity contribution in [3.05, 3.63) is 64.0 Å². The Morgan fingerprint density at radius 1 is 1.20 bits per heavy atom. The summed E-state index contributed by atoms with van der Waals surface area (Å²) in [4.78, 5) is 8.75. The summed E-state index contributed by atoms with van der Waals surface area (Å²) in [5.74, 6) is 0.538. The number of pyridine rings is 2. The van der Waals surface area contributed by atoms with Crippen LogP contribution in [0.25, 0.3) is 10.9 Å². The van der Waals surface area contributed by atoms with E-state index in [9.17, 15) is 4.55 Å². The van der Waals surface area contributed by atoms with E-state index < -0.39 is 16.1 Å². The average molecular weight is 464 g/mol. The van der Waals surface area contributed by atoms with E-state index in [1.165, 1.54) is 0 Å². The van der Waals surface area contributed by atoms with Crippen LogP contribution in [0.2, 0.25) is 10.2 Å². The first-order valence-electron chi connectivity index (χ1n) is 9.45. The molecular weight excluding hydrogens is 441 g/mol. The molecule has 0 spiro atoms. The van der Waals surface area contributed by atoms with Crippen LogP contribution in [-0.4, -0.2) is 31.6 Å². The smallest absolute Gasteiger partial charge is 0.144 e. The molecule has 2 heterocycles. The zero-order chi connectivity index (χ0) is 21.9. The van der Waals surface area contributed by atoms with Crippen LogP contribution in [0.1, 0.15) is 39.0 Å². The van der Waals surface area contributed by atoms with E-state index in [0.29, 0.717) is 40.6 Å². The Hall–Kier alpha value is -1.86. The molecule has 158 valence electrons. The maximum absolute atomic E-state index is 12.3. The third-order valence-electron chi connectivity index (χ3n) is 4.30. The minimum absolute atomic E-state index is 0.288. The Balaban J connectivity index is 1.83. The highest BCUT2D eigenvalue weighted by Crippen LogP contribution is 2.32. The van der Waals surface area contributed by atoms with Gasteiger partial charge in [0.05, 0.1) is 22.9 Å². The normalized spacial score (nSPS) is 13.5. The van der Waals surface area contributed by atoms with Gasteiger partial charge in [0.15, 0.2) is 0 Å². The fourth-order valence-corrected chi connectivity index (χ4v) is 3.77. The second kappa shape index (κ2) is 9.52. The molecule has 1 aromatic carbocycles. The van der Waals surface area contributed by atoms with E-state index in [2.05, 4.69) is 14.4 Å². The predicted molar refractivity (Wildman–Crippen MR) is 125 cm³/mol. The molecule has 0 N–H and O–H groups in total. The zero-order valence-corrected chi connectivity index (χ0v) is 19.6. The first kappa shape index (κ1) is 22.8. The third-order valence-corrected chi connectivity index (χ3v) is 6.37. The van der Waals surface area contributed by atoms with Gasteiger partial charge in [-0.15, -0.1) is 0 Å². The summed E-state index contributed by atoms with van der Waals surface area (Å²) in [6.07, 6.45) is 2.42. The average Bonchev–Trinajstić information content (AvgIpc) is 2.68. The van der Waals surface area contributed by atoms with E-state index in [1.54, 1.807) is 25.3 Å². The first-order chi connectivity index (χ1) is 14.1. The van der Waals surface area contributed by atoms with Crippen LogP contribution in [0.4, 0.5) is 0 Å². The van der Waals surface area contributed by atoms with Crippen LogP contribution in [0.15, 0.2) is 47.0 Å². The summed E-state index contributed by atoms with van der Waals surface area (Å²) in [6, 6.07) is 11.2. The molecule has 3 rings (SSSR count). The van der Waals surface area contributed by atoms with Gasteiger partial charge in [-0.3, -0.25) is 4.98 Å². The number of fused-ring (bicyclic) bond motifs is 1. The van der Waals surface area contributed by atoms with Crippen molar-refractivity contribution in [1.82, 2.24) is 9.97 Å². The number of aromatic nitrogens is 2. The monoisotopic (exact) mass is 463 g/mol. The van der Waals surface area contributed by atoms with Crippen molar-refractivity contribution in [2.45, 2.75) is 38.9 Å². The first-order valence-corrected chi connectivity index (χ1v) is 11.3. The molecule has 0 bridgehead atoms. The van der Waals surface area contributed by atoms with Crippen molar-refractivity contribution in [2.24, 2.45) is 4.40 Å². The number of nitrogens with zero attached hydrogens (tertiary/aromatic N) is 3. The van der Waals surface area contributed by atoms with Gasteiger partial charge in [0.1, 0.15) is 27.0 Å². The highest BCUT2D eigenvalue weighted by molar-refractivity contribution is 7.91. The van der Waals surface area contributed by atoms with Crippen LogP contribution < -0.4 is 4.74 Å². The lowest BCUT2D eigenvalue weighted by Gasteiger charge is -2.19. The Morgan fingerprint density at radius 3 is 2.63 bits per heavy atom. The molecule has 0 fully saturated rings. The summed E-state index contributed by atoms with van der Waals surface area (Å²) < 4.78 is 22.0. The van der Waals surface area contributed by atoms with Gasteiger partial charge < -0.3 is 9.29 Å². The van der Waals surface area contributed by atoms with E-state index in [0.717, 1.165) is 11.1 Å². The molecule has 1 atom stereocenters. The molecule has 8 heteroatoms. The van der Waals surface area contributed by atoms with E-state index in [4.69, 9.17) is 27.9 Å². The van der Waals surface area contributed by atoms with Crippen LogP contribution in [0.3, 0.4) is 0 Å². The topological polar surface area (TPSA) is 70.4 Å². The second-order valence-corrected chi connectivity index (χ2v) is 10.4. The van der Waals surface area contributed by atoms with Gasteiger partial charge in [-0.1, -0.05) is 33.7 Å². The Bertz CT molecular complexity index is 1070. The maximum atomic E-state index is 12.3. The Morgan fingerprint density at radius 2 is 1.97 bits per heavy atom. The molecule has 5 nitrogen and oxygen atoms in total. The number of hydrogen-bond acceptors (Lipinski definition) is 5. The summed E-state index contributed by atoms with van der Waals surface area (Å²) in [5, 5.41) is 1.57. The van der Waals surface area contributed by atoms with Gasteiger partial charge >= 0.3 is 0 Å². The Labute approximate surface area is 189 Å². The van der Waals surface area contributed by atoms with Crippen molar-refractivity contribution in [3.8, 4) is 5.75 Å². The number of rotatable bonds is 6. The molecule has 3 aromatic rings. The third kappa shape index (κ3) is 5.64. The Kier molecular flexibility index (Phi) is 7.24. The molecular formula is C22H23Cl2N3O2S. The van der Waals surface area contributed by atoms with Gasteiger partial charge in [-0.05, 0) is 52.0 Å². The van der Waals surface area contributed by atoms with E-state index >= 15 is 0 Å². The van der Waals surface area contributed by atoms with Crippen LogP contribution >= 0.6 is 23.2 Å². The largest absolute Gasteiger partial charge is 0.591 e. The maximum Gasteiger partial charge on any atom is 0.144 e. The minimum atomic E-state index is -1.39. The number of halogens is 2. The quantitative estimate of drug-likeness (QED) is 0.262. The molecule has 0 saturated carbocycles. The number of benzene rings is 1. The lowest BCUT2D eigenvalue weighted by molar-refractivity contribution is 0.321. The molecule has 0 amide bonds. The van der Waals surface area contributed by atoms with Gasteiger partial charge in [-0.2, -0.15) is 0 Å². The van der Waals surface area contributed by atoms with Crippen molar-refractivity contribution in [3.63, 3.8) is 0 Å². The van der Waals surface area contributed by atoms with Gasteiger partial charge in [0, 0.05) is 35.3 Å². The number of hydrogen-bond donors (Lipinski definition) is 0. The second-order valence-electron chi connectivity index (χ2n) is 7.76. The molecule has 0 aliphatic carbocycles. The highest BCUT2D eigenvalue weighted by atomic mass is 35.5. The van der Waals surface area contributed by atoms with Gasteiger partial charge in [-0.25, -0.2) is 4.98 Å². The fraction of sp³-hybridized carbons (Fsp3) is 0.318. The van der Waals surface area contributed by atoms with Gasteiger partial charge in [0.2, 0.25) is 0 Å². The molecule has 2 aromatic heterocycles. The van der Waals surface area contributed by atoms with E-state index in [-0.39, 0.29) is 5.15 Å². The lowest BCUT2D eigenvalue weighted by Crippen LogP contribution is -2.26. The zero-order valence-electron chi connectivity index (χ0n) is 17.3. The van der Waals surface area contributed by atoms with Crippen LogP contribution in [0.5, 0.6) is 5.75 Å². The summed E-state index contributed by atoms with van der Waals surface area (Å²) in [7, 11) is 0. The molecule has 0 radical (unpaired) electrons. The minimum Gasteiger partial charge on any atom is -0.591 e. The van der Waals surface area contributed by atoms with Crippen LogP contribution in [-0.2, 0) is 17.8 Å². The predicted octanol–water partition coefficient (Wildman–Crippen LogP) is 5.83. The lowest BCUT2D eigenvalue weighted by atomic mass is 10.1. The standard InChI is InChI=1S/C22H23Cl2N3O2S/c1-14(27-30(28)22(2,3)4)17-11-15-12-18(23)20(13-19(15)26-21(17)24)29-10-8-16-7-5-6-9-25-16/h5-7,9,11-13H,8,10H2,1-4H3. The van der Waals surface area contributed by atoms with Gasteiger partial charge in [0.25, 0.3) is 0 Å². The number of ether oxygens (including phenoxy) is 1. The highest BCUT2D eigenvalue weighted by Gasteiger charge is 2.27. The molecule has 0 aliphatic rings. The summed E-state index contributed by atoms with van der Waals surface area (Å²) in [6.45, 7) is 7.83. The van der Waals surface area contributed by atoms with Crippen molar-refractivity contribution in [1.29, 1.82) is 0 Å². The molecule has 1 unspecified atom stereocenters.